The first-order chi connectivity index (χ1) is 10.8. The van der Waals surface area contributed by atoms with E-state index in [1.165, 1.54) is 14.0 Å². The highest BCUT2D eigenvalue weighted by Crippen LogP contribution is 2.37. The third-order valence-corrected chi connectivity index (χ3v) is 3.93. The van der Waals surface area contributed by atoms with Crippen molar-refractivity contribution in [1.82, 2.24) is 15.2 Å². The van der Waals surface area contributed by atoms with E-state index in [1.54, 1.807) is 25.3 Å². The number of amides is 3. The molecule has 0 bridgehead atoms. The molecule has 8 heteroatoms. The van der Waals surface area contributed by atoms with Gasteiger partial charge < -0.3 is 20.9 Å². The van der Waals surface area contributed by atoms with Crippen molar-refractivity contribution in [2.45, 2.75) is 32.1 Å². The molecule has 3 atom stereocenters. The number of nitrogens with zero attached hydrogens (tertiary/aromatic N) is 2. The number of anilines is 1. The molecule has 0 spiro atoms. The maximum atomic E-state index is 12.4. The predicted octanol–water partition coefficient (Wildman–Crippen LogP) is 0.118. The fourth-order valence-corrected chi connectivity index (χ4v) is 2.96. The van der Waals surface area contributed by atoms with Gasteiger partial charge in [0.25, 0.3) is 0 Å². The summed E-state index contributed by atoms with van der Waals surface area (Å²) < 4.78 is 5.34. The Balaban J connectivity index is 2.26. The number of nitrogens with one attached hydrogen (secondary N) is 1. The number of ether oxygens (including phenoxy) is 1. The molecule has 1 aromatic heterocycles. The molecule has 4 N–H and O–H groups in total. The lowest BCUT2D eigenvalue weighted by atomic mass is 9.78. The van der Waals surface area contributed by atoms with Crippen molar-refractivity contribution in [1.29, 1.82) is 0 Å². The summed E-state index contributed by atoms with van der Waals surface area (Å²) in [5.41, 5.74) is 6.46. The summed E-state index contributed by atoms with van der Waals surface area (Å²) in [6.45, 7) is 3.45. The van der Waals surface area contributed by atoms with Gasteiger partial charge >= 0.3 is 6.03 Å². The first-order valence-corrected chi connectivity index (χ1v) is 7.43. The third kappa shape index (κ3) is 3.27. The van der Waals surface area contributed by atoms with Crippen LogP contribution in [0.3, 0.4) is 0 Å². The molecule has 0 radical (unpaired) electrons. The van der Waals surface area contributed by atoms with Crippen molar-refractivity contribution in [2.75, 3.05) is 19.4 Å². The molecule has 1 aromatic rings. The van der Waals surface area contributed by atoms with Gasteiger partial charge in [-0.25, -0.2) is 9.78 Å². The molecule has 1 saturated heterocycles. The van der Waals surface area contributed by atoms with E-state index in [0.717, 1.165) is 10.5 Å². The number of rotatable bonds is 5. The third-order valence-electron chi connectivity index (χ3n) is 3.93. The SMILES string of the molecule is CCOC(C)(O)C1[C@@H](Cc2ccnc(N)c2)C(=O)N1C(=O)NC. The van der Waals surface area contributed by atoms with Gasteiger partial charge in [0.05, 0.1) is 5.92 Å². The van der Waals surface area contributed by atoms with Crippen LogP contribution < -0.4 is 11.1 Å². The van der Waals surface area contributed by atoms with E-state index in [2.05, 4.69) is 10.3 Å². The number of β-lactam (4-membered cyclic amide) rings is 1. The van der Waals surface area contributed by atoms with Gasteiger partial charge in [-0.1, -0.05) is 0 Å². The molecule has 2 heterocycles. The van der Waals surface area contributed by atoms with E-state index in [4.69, 9.17) is 10.5 Å². The van der Waals surface area contributed by atoms with Gasteiger partial charge in [0.1, 0.15) is 11.9 Å². The Morgan fingerprint density at radius 3 is 2.87 bits per heavy atom. The van der Waals surface area contributed by atoms with E-state index in [1.807, 2.05) is 0 Å². The fourth-order valence-electron chi connectivity index (χ4n) is 2.96. The van der Waals surface area contributed by atoms with Crippen LogP contribution in [0.25, 0.3) is 0 Å². The minimum Gasteiger partial charge on any atom is -0.384 e. The van der Waals surface area contributed by atoms with Crippen LogP contribution in [0.15, 0.2) is 18.3 Å². The van der Waals surface area contributed by atoms with Crippen LogP contribution in [0.4, 0.5) is 10.6 Å². The van der Waals surface area contributed by atoms with E-state index < -0.39 is 23.8 Å². The quantitative estimate of drug-likeness (QED) is 0.523. The number of hydrogen-bond acceptors (Lipinski definition) is 6. The van der Waals surface area contributed by atoms with Crippen LogP contribution in [-0.2, 0) is 16.0 Å². The van der Waals surface area contributed by atoms with Gasteiger partial charge in [0.2, 0.25) is 5.91 Å². The molecule has 2 rings (SSSR count). The minimum atomic E-state index is -1.63. The van der Waals surface area contributed by atoms with Crippen molar-refractivity contribution in [3.63, 3.8) is 0 Å². The summed E-state index contributed by atoms with van der Waals surface area (Å²) in [4.78, 5) is 29.2. The zero-order chi connectivity index (χ0) is 17.2. The second kappa shape index (κ2) is 6.51. The number of hydrogen-bond donors (Lipinski definition) is 3. The van der Waals surface area contributed by atoms with Crippen molar-refractivity contribution < 1.29 is 19.4 Å². The monoisotopic (exact) mass is 322 g/mol. The standard InChI is InChI=1S/C15H22N4O4/c1-4-23-15(2,22)12-10(13(20)19(12)14(21)17-3)7-9-5-6-18-11(16)8-9/h5-6,8,10,12,22H,4,7H2,1-3H3,(H2,16,18)(H,17,21)/t10-,12?,15?/m1/s1. The lowest BCUT2D eigenvalue weighted by Gasteiger charge is -2.51. The average molecular weight is 322 g/mol. The predicted molar refractivity (Wildman–Crippen MR) is 83.2 cm³/mol. The highest BCUT2D eigenvalue weighted by molar-refractivity contribution is 6.01. The maximum Gasteiger partial charge on any atom is 0.324 e. The molecular formula is C15H22N4O4. The lowest BCUT2D eigenvalue weighted by molar-refractivity contribution is -0.248. The first-order valence-electron chi connectivity index (χ1n) is 7.43. The molecule has 0 aliphatic carbocycles. The normalized spacial score (nSPS) is 23.1. The summed E-state index contributed by atoms with van der Waals surface area (Å²) in [5.74, 6) is -2.20. The summed E-state index contributed by atoms with van der Waals surface area (Å²) in [6, 6.07) is 2.08. The van der Waals surface area contributed by atoms with E-state index >= 15 is 0 Å². The molecule has 2 unspecified atom stereocenters. The van der Waals surface area contributed by atoms with Gasteiger partial charge in [0.15, 0.2) is 5.79 Å². The number of aliphatic hydroxyl groups is 1. The van der Waals surface area contributed by atoms with Gasteiger partial charge in [-0.15, -0.1) is 0 Å². The van der Waals surface area contributed by atoms with Crippen LogP contribution in [-0.4, -0.2) is 52.4 Å². The molecule has 8 nitrogen and oxygen atoms in total. The first kappa shape index (κ1) is 17.2. The zero-order valence-electron chi connectivity index (χ0n) is 13.4. The van der Waals surface area contributed by atoms with Gasteiger partial charge in [-0.2, -0.15) is 0 Å². The van der Waals surface area contributed by atoms with E-state index in [-0.39, 0.29) is 12.5 Å². The average Bonchev–Trinajstić information content (AvgIpc) is 2.49. The summed E-state index contributed by atoms with van der Waals surface area (Å²) in [5, 5.41) is 12.9. The number of imide groups is 1. The molecule has 1 fully saturated rings. The fraction of sp³-hybridized carbons (Fsp3) is 0.533. The topological polar surface area (TPSA) is 118 Å². The number of urea groups is 1. The molecule has 23 heavy (non-hydrogen) atoms. The molecule has 0 aromatic carbocycles. The van der Waals surface area contributed by atoms with Gasteiger partial charge in [-0.3, -0.25) is 9.69 Å². The number of carbonyl (C=O) groups is 2. The maximum absolute atomic E-state index is 12.4. The number of nitrogens with two attached hydrogens (primary N) is 1. The second-order valence-corrected chi connectivity index (χ2v) is 5.60. The van der Waals surface area contributed by atoms with E-state index in [0.29, 0.717) is 12.2 Å². The van der Waals surface area contributed by atoms with Crippen molar-refractivity contribution in [3.8, 4) is 0 Å². The van der Waals surface area contributed by atoms with Gasteiger partial charge in [-0.05, 0) is 38.0 Å². The number of aromatic nitrogens is 1. The molecule has 126 valence electrons. The number of nitrogen functional groups attached to an aromatic ring is 1. The molecule has 1 aliphatic heterocycles. The van der Waals surface area contributed by atoms with Crippen LogP contribution in [0.5, 0.6) is 0 Å². The smallest absolute Gasteiger partial charge is 0.324 e. The Morgan fingerprint density at radius 2 is 2.30 bits per heavy atom. The van der Waals surface area contributed by atoms with E-state index in [9.17, 15) is 14.7 Å². The second-order valence-electron chi connectivity index (χ2n) is 5.60. The number of pyridine rings is 1. The van der Waals surface area contributed by atoms with Crippen LogP contribution in [0.2, 0.25) is 0 Å². The largest absolute Gasteiger partial charge is 0.384 e. The van der Waals surface area contributed by atoms with Crippen molar-refractivity contribution in [3.05, 3.63) is 23.9 Å². The Hall–Kier alpha value is -2.19. The zero-order valence-corrected chi connectivity index (χ0v) is 13.4. The summed E-state index contributed by atoms with van der Waals surface area (Å²) in [6.07, 6.45) is 1.90. The Morgan fingerprint density at radius 1 is 1.61 bits per heavy atom. The molecule has 3 amide bonds. The Bertz CT molecular complexity index is 605. The minimum absolute atomic E-state index is 0.258. The van der Waals surface area contributed by atoms with Crippen LogP contribution >= 0.6 is 0 Å². The summed E-state index contributed by atoms with van der Waals surface area (Å²) in [7, 11) is 1.43. The van der Waals surface area contributed by atoms with Gasteiger partial charge in [0, 0.05) is 19.9 Å². The van der Waals surface area contributed by atoms with Crippen LogP contribution in [0, 0.1) is 5.92 Å². The van der Waals surface area contributed by atoms with Crippen molar-refractivity contribution in [2.24, 2.45) is 5.92 Å². The lowest BCUT2D eigenvalue weighted by Crippen LogP contribution is -2.73. The Labute approximate surface area is 134 Å². The van der Waals surface area contributed by atoms with Crippen molar-refractivity contribution >= 4 is 17.8 Å². The summed E-state index contributed by atoms with van der Waals surface area (Å²) >= 11 is 0. The molecule has 1 aliphatic rings. The van der Waals surface area contributed by atoms with Crippen LogP contribution in [0.1, 0.15) is 19.4 Å². The Kier molecular flexibility index (Phi) is 4.86. The number of carbonyl (C=O) groups excluding carboxylic acids is 2. The molecule has 0 saturated carbocycles. The molecular weight excluding hydrogens is 300 g/mol. The highest BCUT2D eigenvalue weighted by atomic mass is 16.6. The number of likely N-dealkylation sites (tertiary alicyclic amines) is 1. The highest BCUT2D eigenvalue weighted by Gasteiger charge is 2.58.